The van der Waals surface area contributed by atoms with Gasteiger partial charge in [-0.25, -0.2) is 0 Å². The predicted molar refractivity (Wildman–Crippen MR) is 86.9 cm³/mol. The average molecular weight is 274 g/mol. The molecule has 1 nitrogen and oxygen atoms in total. The molecule has 0 fully saturated rings. The van der Waals surface area contributed by atoms with Crippen molar-refractivity contribution in [3.8, 4) is 0 Å². The molecule has 0 aliphatic heterocycles. The van der Waals surface area contributed by atoms with Crippen LogP contribution in [0.25, 0.3) is 0 Å². The van der Waals surface area contributed by atoms with Crippen molar-refractivity contribution in [3.63, 3.8) is 0 Å². The van der Waals surface area contributed by atoms with Gasteiger partial charge in [-0.15, -0.1) is 0 Å². The molecule has 1 rings (SSSR count). The van der Waals surface area contributed by atoms with Gasteiger partial charge in [-0.2, -0.15) is 0 Å². The van der Waals surface area contributed by atoms with E-state index in [0.717, 1.165) is 12.8 Å². The van der Waals surface area contributed by atoms with E-state index in [1.54, 1.807) is 0 Å². The molecule has 3 atom stereocenters. The summed E-state index contributed by atoms with van der Waals surface area (Å²) in [5.41, 5.74) is 2.84. The number of carbonyl (C=O) groups excluding carboxylic acids is 1. The van der Waals surface area contributed by atoms with Crippen molar-refractivity contribution in [2.45, 2.75) is 60.3 Å². The number of hydrogen-bond donors (Lipinski definition) is 0. The topological polar surface area (TPSA) is 17.1 Å². The molecule has 0 bridgehead atoms. The fourth-order valence-corrected chi connectivity index (χ4v) is 2.91. The fourth-order valence-electron chi connectivity index (χ4n) is 2.91. The van der Waals surface area contributed by atoms with Crippen molar-refractivity contribution in [1.29, 1.82) is 0 Å². The van der Waals surface area contributed by atoms with E-state index in [0.29, 0.717) is 24.0 Å². The monoisotopic (exact) mass is 274 g/mol. The molecule has 0 amide bonds. The summed E-state index contributed by atoms with van der Waals surface area (Å²) < 4.78 is 0. The minimum atomic E-state index is 0.200. The van der Waals surface area contributed by atoms with Gasteiger partial charge < -0.3 is 0 Å². The largest absolute Gasteiger partial charge is 0.299 e. The average Bonchev–Trinajstić information content (AvgIpc) is 2.46. The number of Topliss-reactive ketones (excluding diaryl/α,β-unsaturated/α-hetero) is 1. The van der Waals surface area contributed by atoms with Crippen molar-refractivity contribution >= 4 is 5.78 Å². The molecule has 0 spiro atoms. The third-order valence-electron chi connectivity index (χ3n) is 4.76. The Balaban J connectivity index is 2.64. The SMILES string of the molecule is CCC(=O)C(C)C(C)CC(CC)Cc1ccccc1C. The number of aryl methyl sites for hydroxylation is 1. The molecule has 0 radical (unpaired) electrons. The van der Waals surface area contributed by atoms with E-state index in [-0.39, 0.29) is 5.92 Å². The van der Waals surface area contributed by atoms with Gasteiger partial charge in [-0.1, -0.05) is 58.4 Å². The Morgan fingerprint density at radius 1 is 1.15 bits per heavy atom. The number of hydrogen-bond acceptors (Lipinski definition) is 1. The Kier molecular flexibility index (Phi) is 6.98. The van der Waals surface area contributed by atoms with Crippen LogP contribution in [0.5, 0.6) is 0 Å². The molecule has 0 N–H and O–H groups in total. The van der Waals surface area contributed by atoms with E-state index in [1.165, 1.54) is 17.5 Å². The van der Waals surface area contributed by atoms with Crippen LogP contribution in [-0.2, 0) is 11.2 Å². The highest BCUT2D eigenvalue weighted by atomic mass is 16.1. The zero-order chi connectivity index (χ0) is 15.1. The first-order valence-electron chi connectivity index (χ1n) is 8.06. The second-order valence-corrected chi connectivity index (χ2v) is 6.23. The maximum Gasteiger partial charge on any atom is 0.135 e. The molecule has 20 heavy (non-hydrogen) atoms. The molecule has 1 aromatic carbocycles. The van der Waals surface area contributed by atoms with Crippen LogP contribution in [0.2, 0.25) is 0 Å². The van der Waals surface area contributed by atoms with Gasteiger partial charge in [-0.3, -0.25) is 4.79 Å². The van der Waals surface area contributed by atoms with Crippen LogP contribution in [-0.4, -0.2) is 5.78 Å². The Labute approximate surface area is 124 Å². The van der Waals surface area contributed by atoms with Crippen molar-refractivity contribution in [1.82, 2.24) is 0 Å². The lowest BCUT2D eigenvalue weighted by molar-refractivity contribution is -0.123. The number of carbonyl (C=O) groups is 1. The molecule has 0 heterocycles. The van der Waals surface area contributed by atoms with E-state index in [4.69, 9.17) is 0 Å². The van der Waals surface area contributed by atoms with Gasteiger partial charge in [0.15, 0.2) is 0 Å². The molecule has 0 saturated carbocycles. The number of ketones is 1. The molecule has 1 heteroatoms. The molecule has 3 unspecified atom stereocenters. The lowest BCUT2D eigenvalue weighted by Crippen LogP contribution is -2.21. The number of benzene rings is 1. The maximum absolute atomic E-state index is 11.8. The van der Waals surface area contributed by atoms with Crippen LogP contribution in [0.1, 0.15) is 58.1 Å². The highest BCUT2D eigenvalue weighted by Gasteiger charge is 2.22. The highest BCUT2D eigenvalue weighted by molar-refractivity contribution is 5.80. The summed E-state index contributed by atoms with van der Waals surface area (Å²) in [6.07, 6.45) is 4.14. The molecule has 0 aromatic heterocycles. The zero-order valence-corrected chi connectivity index (χ0v) is 13.8. The fraction of sp³-hybridized carbons (Fsp3) is 0.632. The summed E-state index contributed by atoms with van der Waals surface area (Å²) in [6, 6.07) is 8.66. The molecular formula is C19H30O. The van der Waals surface area contributed by atoms with E-state index in [9.17, 15) is 4.79 Å². The minimum absolute atomic E-state index is 0.200. The lowest BCUT2D eigenvalue weighted by Gasteiger charge is -2.24. The second-order valence-electron chi connectivity index (χ2n) is 6.23. The van der Waals surface area contributed by atoms with Crippen LogP contribution in [0.4, 0.5) is 0 Å². The normalized spacial score (nSPS) is 15.7. The van der Waals surface area contributed by atoms with Gasteiger partial charge in [0.1, 0.15) is 5.78 Å². The van der Waals surface area contributed by atoms with Crippen LogP contribution >= 0.6 is 0 Å². The van der Waals surface area contributed by atoms with E-state index < -0.39 is 0 Å². The first kappa shape index (κ1) is 16.9. The number of rotatable bonds is 8. The van der Waals surface area contributed by atoms with Crippen LogP contribution in [0, 0.1) is 24.7 Å². The predicted octanol–water partition coefficient (Wildman–Crippen LogP) is 5.21. The standard InChI is InChI=1S/C19H30O/c1-6-17(12-15(4)16(5)19(20)7-2)13-18-11-9-8-10-14(18)3/h8-11,15-17H,6-7,12-13H2,1-5H3. The van der Waals surface area contributed by atoms with Crippen molar-refractivity contribution in [2.75, 3.05) is 0 Å². The Morgan fingerprint density at radius 3 is 2.35 bits per heavy atom. The van der Waals surface area contributed by atoms with Crippen LogP contribution in [0.15, 0.2) is 24.3 Å². The minimum Gasteiger partial charge on any atom is -0.299 e. The summed E-state index contributed by atoms with van der Waals surface area (Å²) in [6.45, 7) is 10.8. The first-order chi connectivity index (χ1) is 9.49. The van der Waals surface area contributed by atoms with Crippen molar-refractivity contribution in [2.24, 2.45) is 17.8 Å². The third kappa shape index (κ3) is 4.77. The molecule has 112 valence electrons. The molecule has 0 aliphatic rings. The van der Waals surface area contributed by atoms with Crippen LogP contribution in [0.3, 0.4) is 0 Å². The summed E-state index contributed by atoms with van der Waals surface area (Å²) in [4.78, 5) is 11.8. The van der Waals surface area contributed by atoms with E-state index >= 15 is 0 Å². The molecule has 1 aromatic rings. The summed E-state index contributed by atoms with van der Waals surface area (Å²) >= 11 is 0. The molecule has 0 aliphatic carbocycles. The third-order valence-corrected chi connectivity index (χ3v) is 4.76. The van der Waals surface area contributed by atoms with Gasteiger partial charge in [0.2, 0.25) is 0 Å². The summed E-state index contributed by atoms with van der Waals surface area (Å²) in [5.74, 6) is 1.77. The van der Waals surface area contributed by atoms with Gasteiger partial charge in [-0.05, 0) is 42.7 Å². The Hall–Kier alpha value is -1.11. The Bertz CT molecular complexity index is 422. The first-order valence-corrected chi connectivity index (χ1v) is 8.06. The van der Waals surface area contributed by atoms with E-state index in [2.05, 4.69) is 52.0 Å². The van der Waals surface area contributed by atoms with Crippen LogP contribution < -0.4 is 0 Å². The smallest absolute Gasteiger partial charge is 0.135 e. The van der Waals surface area contributed by atoms with Gasteiger partial charge >= 0.3 is 0 Å². The second kappa shape index (κ2) is 8.24. The zero-order valence-electron chi connectivity index (χ0n) is 13.8. The van der Waals surface area contributed by atoms with Gasteiger partial charge in [0.25, 0.3) is 0 Å². The maximum atomic E-state index is 11.8. The summed E-state index contributed by atoms with van der Waals surface area (Å²) in [7, 11) is 0. The van der Waals surface area contributed by atoms with Gasteiger partial charge in [0.05, 0.1) is 0 Å². The van der Waals surface area contributed by atoms with Crippen molar-refractivity contribution in [3.05, 3.63) is 35.4 Å². The van der Waals surface area contributed by atoms with Crippen molar-refractivity contribution < 1.29 is 4.79 Å². The molecular weight excluding hydrogens is 244 g/mol. The highest BCUT2D eigenvalue weighted by Crippen LogP contribution is 2.27. The Morgan fingerprint density at radius 2 is 1.80 bits per heavy atom. The summed E-state index contributed by atoms with van der Waals surface area (Å²) in [5, 5.41) is 0. The quantitative estimate of drug-likeness (QED) is 0.636. The van der Waals surface area contributed by atoms with E-state index in [1.807, 2.05) is 6.92 Å². The van der Waals surface area contributed by atoms with Gasteiger partial charge in [0, 0.05) is 12.3 Å². The molecule has 0 saturated heterocycles. The lowest BCUT2D eigenvalue weighted by atomic mass is 9.80.